The van der Waals surface area contributed by atoms with E-state index in [1.807, 2.05) is 126 Å². The van der Waals surface area contributed by atoms with Crippen LogP contribution >= 0.6 is 11.9 Å². The Bertz CT molecular complexity index is 2750. The zero-order chi connectivity index (χ0) is 37.0. The molecule has 0 aliphatic rings. The summed E-state index contributed by atoms with van der Waals surface area (Å²) in [6.07, 6.45) is 3.74. The second kappa shape index (κ2) is 15.6. The average Bonchev–Trinajstić information content (AvgIpc) is 3.81. The Kier molecular flexibility index (Phi) is 9.73. The van der Waals surface area contributed by atoms with E-state index in [0.717, 1.165) is 71.8 Å². The van der Waals surface area contributed by atoms with Gasteiger partial charge in [0, 0.05) is 39.2 Å². The number of benzene rings is 6. The molecule has 3 aromatic heterocycles. The normalized spacial score (nSPS) is 11.9. The maximum atomic E-state index is 14.4. The zero-order valence-electron chi connectivity index (χ0n) is 29.7. The van der Waals surface area contributed by atoms with E-state index in [1.165, 1.54) is 0 Å². The lowest BCUT2D eigenvalue weighted by Gasteiger charge is -2.13. The van der Waals surface area contributed by atoms with Gasteiger partial charge < -0.3 is 9.47 Å². The van der Waals surface area contributed by atoms with Crippen LogP contribution in [0.4, 0.5) is 0 Å². The van der Waals surface area contributed by atoms with Gasteiger partial charge >= 0.3 is 0 Å². The van der Waals surface area contributed by atoms with E-state index in [1.54, 1.807) is 11.9 Å². The predicted octanol–water partition coefficient (Wildman–Crippen LogP) is 11.6. The molecule has 0 saturated heterocycles. The summed E-state index contributed by atoms with van der Waals surface area (Å²) in [6, 6.07) is 58.8. The molecule has 0 N–H and O–H groups in total. The fourth-order valence-corrected chi connectivity index (χ4v) is 8.92. The molecule has 55 heavy (non-hydrogen) atoms. The van der Waals surface area contributed by atoms with Crippen LogP contribution < -0.4 is 9.47 Å². The van der Waals surface area contributed by atoms with E-state index in [9.17, 15) is 4.21 Å². The highest BCUT2D eigenvalue weighted by atomic mass is 32.2. The second-order valence-electron chi connectivity index (χ2n) is 13.1. The molecule has 6 aromatic carbocycles. The molecule has 268 valence electrons. The number of pyridine rings is 1. The van der Waals surface area contributed by atoms with Crippen molar-refractivity contribution < 1.29 is 13.7 Å². The van der Waals surface area contributed by atoms with Crippen LogP contribution in [0, 0.1) is 0 Å². The van der Waals surface area contributed by atoms with Gasteiger partial charge in [-0.25, -0.2) is 4.21 Å². The van der Waals surface area contributed by atoms with Crippen molar-refractivity contribution in [2.75, 3.05) is 0 Å². The second-order valence-corrected chi connectivity index (χ2v) is 15.4. The van der Waals surface area contributed by atoms with Crippen molar-refractivity contribution in [1.82, 2.24) is 12.9 Å². The molecule has 9 rings (SSSR count). The monoisotopic (exact) mass is 753 g/mol. The highest BCUT2D eigenvalue weighted by molar-refractivity contribution is 7.98. The summed E-state index contributed by atoms with van der Waals surface area (Å²) in [5.74, 6) is 1.55. The highest BCUT2D eigenvalue weighted by Gasteiger charge is 2.20. The van der Waals surface area contributed by atoms with Gasteiger partial charge in [0.2, 0.25) is 0 Å². The fourth-order valence-electron chi connectivity index (χ4n) is 6.63. The van der Waals surface area contributed by atoms with Crippen molar-refractivity contribution in [2.45, 2.75) is 23.0 Å². The molecule has 0 radical (unpaired) electrons. The van der Waals surface area contributed by atoms with E-state index in [0.29, 0.717) is 18.1 Å². The number of aromatic nitrogens is 3. The lowest BCUT2D eigenvalue weighted by atomic mass is 10.1. The van der Waals surface area contributed by atoms with Crippen LogP contribution in [0.2, 0.25) is 0 Å². The molecule has 0 aliphatic heterocycles. The molecule has 6 nitrogen and oxygen atoms in total. The Hall–Kier alpha value is -6.35. The third-order valence-corrected chi connectivity index (χ3v) is 11.8. The van der Waals surface area contributed by atoms with Crippen LogP contribution in [-0.4, -0.2) is 17.1 Å². The Morgan fingerprint density at radius 3 is 1.65 bits per heavy atom. The highest BCUT2D eigenvalue weighted by Crippen LogP contribution is 2.39. The maximum absolute atomic E-state index is 14.4. The van der Waals surface area contributed by atoms with Crippen molar-refractivity contribution in [3.05, 3.63) is 199 Å². The number of hydrogen-bond acceptors (Lipinski definition) is 5. The average molecular weight is 754 g/mol. The molecule has 0 spiro atoms. The van der Waals surface area contributed by atoms with Crippen LogP contribution in [0.5, 0.6) is 11.5 Å². The lowest BCUT2D eigenvalue weighted by molar-refractivity contribution is 0.306. The van der Waals surface area contributed by atoms with E-state index >= 15 is 0 Å². The van der Waals surface area contributed by atoms with Gasteiger partial charge in [0.15, 0.2) is 11.0 Å². The van der Waals surface area contributed by atoms with Gasteiger partial charge in [-0.2, -0.15) is 0 Å². The molecule has 9 aromatic rings. The minimum absolute atomic E-state index is 0.456. The Balaban J connectivity index is 1.13. The number of nitrogens with zero attached hydrogens (tertiary/aromatic N) is 3. The van der Waals surface area contributed by atoms with E-state index in [-0.39, 0.29) is 0 Å². The van der Waals surface area contributed by atoms with Gasteiger partial charge in [0.05, 0.1) is 27.3 Å². The van der Waals surface area contributed by atoms with Gasteiger partial charge in [0.1, 0.15) is 24.7 Å². The van der Waals surface area contributed by atoms with E-state index in [4.69, 9.17) is 14.5 Å². The summed E-state index contributed by atoms with van der Waals surface area (Å²) < 4.78 is 31.0. The van der Waals surface area contributed by atoms with Gasteiger partial charge in [-0.05, 0) is 102 Å². The molecule has 0 bridgehead atoms. The number of fused-ring (bicyclic) bond motifs is 2. The summed E-state index contributed by atoms with van der Waals surface area (Å²) in [6.45, 7) is 0.946. The summed E-state index contributed by atoms with van der Waals surface area (Å²) in [5, 5.41) is 1.98. The Morgan fingerprint density at radius 1 is 0.527 bits per heavy atom. The Labute approximate surface area is 326 Å². The maximum Gasteiger partial charge on any atom is 0.157 e. The topological polar surface area (TPSA) is 58.3 Å². The van der Waals surface area contributed by atoms with E-state index < -0.39 is 11.0 Å². The van der Waals surface area contributed by atoms with Crippen molar-refractivity contribution in [1.29, 1.82) is 0 Å². The summed E-state index contributed by atoms with van der Waals surface area (Å²) in [7, 11) is -1.53. The molecule has 8 heteroatoms. The first-order chi connectivity index (χ1) is 27.2. The zero-order valence-corrected chi connectivity index (χ0v) is 31.3. The molecular weight excluding hydrogens is 719 g/mol. The van der Waals surface area contributed by atoms with E-state index in [2.05, 4.69) is 70.7 Å². The number of hydrogen-bond donors (Lipinski definition) is 0. The first kappa shape index (κ1) is 34.4. The van der Waals surface area contributed by atoms with Crippen molar-refractivity contribution in [2.24, 2.45) is 0 Å². The quantitative estimate of drug-likeness (QED) is 0.124. The molecule has 0 amide bonds. The molecule has 1 atom stereocenters. The fraction of sp³-hybridized carbons (Fsp3) is 0.0426. The van der Waals surface area contributed by atoms with Gasteiger partial charge in [0.25, 0.3) is 0 Å². The third kappa shape index (κ3) is 7.42. The predicted molar refractivity (Wildman–Crippen MR) is 224 cm³/mol. The molecule has 3 heterocycles. The summed E-state index contributed by atoms with van der Waals surface area (Å²) >= 11 is 1.66. The minimum Gasteiger partial charge on any atom is -0.489 e. The Morgan fingerprint density at radius 2 is 1.04 bits per heavy atom. The van der Waals surface area contributed by atoms with Gasteiger partial charge in [-0.3, -0.25) is 12.9 Å². The first-order valence-electron chi connectivity index (χ1n) is 18.0. The smallest absolute Gasteiger partial charge is 0.157 e. The number of ether oxygens (including phenoxy) is 2. The van der Waals surface area contributed by atoms with Gasteiger partial charge in [-0.1, -0.05) is 97.1 Å². The van der Waals surface area contributed by atoms with Crippen molar-refractivity contribution in [3.8, 4) is 34.0 Å². The number of rotatable bonds is 12. The van der Waals surface area contributed by atoms with Crippen LogP contribution in [0.3, 0.4) is 0 Å². The lowest BCUT2D eigenvalue weighted by Crippen LogP contribution is -2.06. The summed E-state index contributed by atoms with van der Waals surface area (Å²) in [5.41, 5.74) is 7.66. The molecule has 0 aliphatic carbocycles. The molecule has 0 saturated carbocycles. The van der Waals surface area contributed by atoms with Crippen molar-refractivity contribution >= 4 is 44.7 Å². The van der Waals surface area contributed by atoms with Crippen LogP contribution in [-0.2, 0) is 24.2 Å². The first-order valence-corrected chi connectivity index (χ1v) is 19.9. The van der Waals surface area contributed by atoms with Gasteiger partial charge in [-0.15, -0.1) is 0 Å². The van der Waals surface area contributed by atoms with Crippen molar-refractivity contribution in [3.63, 3.8) is 0 Å². The summed E-state index contributed by atoms with van der Waals surface area (Å²) in [4.78, 5) is 6.59. The third-order valence-electron chi connectivity index (χ3n) is 9.33. The standard InChI is InChI=1S/C47H35N3O3S2/c51-55(43-19-11-4-12-20-43)50-45-24-22-41(53-33-35-15-7-2-8-16-35)27-37(45)29-47(50)39-25-38(30-48-31-39)46-28-36-26-40(52-32-34-13-5-1-6-14-34)21-23-44(36)49(46)54-42-17-9-3-10-18-42/h1-31H,32-33H2. The minimum atomic E-state index is -1.53. The largest absolute Gasteiger partial charge is 0.489 e. The van der Waals surface area contributed by atoms with Crippen LogP contribution in [0.15, 0.2) is 198 Å². The van der Waals surface area contributed by atoms with Crippen LogP contribution in [0.1, 0.15) is 11.1 Å². The van der Waals surface area contributed by atoms with Crippen LogP contribution in [0.25, 0.3) is 44.3 Å². The molecular formula is C47H35N3O3S2. The SMILES string of the molecule is O=S(c1ccccc1)n1c(-c2cncc(-c3cc4cc(OCc5ccccc5)ccc4n3Sc3ccccc3)c2)cc2cc(OCc3ccccc3)ccc21. The molecule has 1 unspecified atom stereocenters. The molecule has 0 fully saturated rings.